The number of rotatable bonds is 5. The Morgan fingerprint density at radius 3 is 2.85 bits per heavy atom. The van der Waals surface area contributed by atoms with Crippen molar-refractivity contribution in [3.63, 3.8) is 0 Å². The second-order valence-corrected chi connectivity index (χ2v) is 4.95. The second-order valence-electron chi connectivity index (χ2n) is 4.15. The molecule has 0 saturated heterocycles. The van der Waals surface area contributed by atoms with Gasteiger partial charge in [-0.3, -0.25) is 0 Å². The lowest BCUT2D eigenvalue weighted by Crippen LogP contribution is -2.02. The Morgan fingerprint density at radius 2 is 2.20 bits per heavy atom. The molecule has 1 N–H and O–H groups in total. The Labute approximate surface area is 127 Å². The van der Waals surface area contributed by atoms with Crippen LogP contribution in [0.3, 0.4) is 0 Å². The van der Waals surface area contributed by atoms with Crippen LogP contribution >= 0.6 is 23.8 Å². The lowest BCUT2D eigenvalue weighted by atomic mass is 10.2. The van der Waals surface area contributed by atoms with Gasteiger partial charge in [0.15, 0.2) is 10.7 Å². The Morgan fingerprint density at radius 1 is 1.40 bits per heavy atom. The van der Waals surface area contributed by atoms with Gasteiger partial charge in [0.05, 0.1) is 12.1 Å². The van der Waals surface area contributed by atoms with E-state index >= 15 is 0 Å². The molecule has 0 bridgehead atoms. The summed E-state index contributed by atoms with van der Waals surface area (Å²) in [5.41, 5.74) is 1.94. The molecule has 2 aromatic rings. The maximum atomic E-state index is 6.08. The molecular weight excluding hydrogens is 296 g/mol. The van der Waals surface area contributed by atoms with Crippen molar-refractivity contribution in [1.82, 2.24) is 9.97 Å². The van der Waals surface area contributed by atoms with Crippen molar-refractivity contribution in [3.05, 3.63) is 45.3 Å². The molecule has 0 spiro atoms. The number of nitrogens with one attached hydrogen (secondary N) is 1. The number of methoxy groups -OCH3 is 1. The van der Waals surface area contributed by atoms with E-state index in [2.05, 4.69) is 9.97 Å². The molecule has 2 rings (SSSR count). The minimum atomic E-state index is 0.395. The van der Waals surface area contributed by atoms with Gasteiger partial charge < -0.3 is 14.5 Å². The first-order valence-corrected chi connectivity index (χ1v) is 6.96. The molecule has 0 radical (unpaired) electrons. The lowest BCUT2D eigenvalue weighted by Gasteiger charge is -2.10. The van der Waals surface area contributed by atoms with Crippen molar-refractivity contribution in [2.75, 3.05) is 7.11 Å². The maximum Gasteiger partial charge on any atom is 0.199 e. The molecule has 0 atom stereocenters. The van der Waals surface area contributed by atoms with E-state index in [9.17, 15) is 0 Å². The van der Waals surface area contributed by atoms with E-state index in [1.54, 1.807) is 13.3 Å². The number of halogens is 1. The van der Waals surface area contributed by atoms with Gasteiger partial charge in [-0.15, -0.1) is 0 Å². The topological polar surface area (TPSA) is 47.1 Å². The molecule has 0 fully saturated rings. The molecular formula is C14H15ClN2O2S. The largest absolute Gasteiger partial charge is 0.495 e. The standard InChI is InChI=1S/C14H15ClN2O2S/c1-3-10-7-16-14(20)17-13(10)19-8-9-4-5-12(18-2)11(15)6-9/h4-7H,3,8H2,1-2H3,(H,16,17,20). The van der Waals surface area contributed by atoms with Gasteiger partial charge in [0.25, 0.3) is 0 Å². The highest BCUT2D eigenvalue weighted by Gasteiger charge is 2.06. The molecule has 0 aliphatic rings. The molecule has 1 aromatic heterocycles. The third-order valence-electron chi connectivity index (χ3n) is 2.83. The van der Waals surface area contributed by atoms with E-state index in [0.29, 0.717) is 28.0 Å². The van der Waals surface area contributed by atoms with Crippen LogP contribution in [0, 0.1) is 4.77 Å². The Kier molecular flexibility index (Phi) is 4.98. The van der Waals surface area contributed by atoms with Crippen molar-refractivity contribution in [3.8, 4) is 11.6 Å². The van der Waals surface area contributed by atoms with Gasteiger partial charge in [0.1, 0.15) is 12.4 Å². The van der Waals surface area contributed by atoms with E-state index in [-0.39, 0.29) is 0 Å². The summed E-state index contributed by atoms with van der Waals surface area (Å²) in [5.74, 6) is 1.30. The van der Waals surface area contributed by atoms with Crippen LogP contribution in [0.15, 0.2) is 24.4 Å². The molecule has 106 valence electrons. The highest BCUT2D eigenvalue weighted by Crippen LogP contribution is 2.25. The summed E-state index contributed by atoms with van der Waals surface area (Å²) in [6, 6.07) is 5.55. The van der Waals surface area contributed by atoms with E-state index in [1.165, 1.54) is 0 Å². The molecule has 1 heterocycles. The number of aromatic nitrogens is 2. The minimum absolute atomic E-state index is 0.395. The Bertz CT molecular complexity index is 658. The van der Waals surface area contributed by atoms with Crippen molar-refractivity contribution >= 4 is 23.8 Å². The number of ether oxygens (including phenoxy) is 2. The average molecular weight is 311 g/mol. The fraction of sp³-hybridized carbons (Fsp3) is 0.286. The third-order valence-corrected chi connectivity index (χ3v) is 3.33. The highest BCUT2D eigenvalue weighted by molar-refractivity contribution is 7.71. The smallest absolute Gasteiger partial charge is 0.199 e. The number of nitrogens with zero attached hydrogens (tertiary/aromatic N) is 1. The lowest BCUT2D eigenvalue weighted by molar-refractivity contribution is 0.289. The van der Waals surface area contributed by atoms with Gasteiger partial charge in [0, 0.05) is 11.8 Å². The number of aryl methyl sites for hydroxylation is 1. The van der Waals surface area contributed by atoms with Gasteiger partial charge in [-0.25, -0.2) is 4.98 Å². The zero-order chi connectivity index (χ0) is 14.5. The van der Waals surface area contributed by atoms with Crippen molar-refractivity contribution < 1.29 is 9.47 Å². The fourth-order valence-corrected chi connectivity index (χ4v) is 2.17. The third kappa shape index (κ3) is 3.49. The van der Waals surface area contributed by atoms with Crippen molar-refractivity contribution in [2.45, 2.75) is 20.0 Å². The minimum Gasteiger partial charge on any atom is -0.495 e. The van der Waals surface area contributed by atoms with Gasteiger partial charge in [-0.2, -0.15) is 0 Å². The molecule has 20 heavy (non-hydrogen) atoms. The summed E-state index contributed by atoms with van der Waals surface area (Å²) in [4.78, 5) is 7.00. The summed E-state index contributed by atoms with van der Waals surface area (Å²) in [6.07, 6.45) is 2.55. The zero-order valence-electron chi connectivity index (χ0n) is 11.3. The quantitative estimate of drug-likeness (QED) is 0.850. The Hall–Kier alpha value is -1.59. The molecule has 4 nitrogen and oxygen atoms in total. The van der Waals surface area contributed by atoms with Crippen LogP contribution in [-0.4, -0.2) is 17.1 Å². The van der Waals surface area contributed by atoms with Crippen LogP contribution in [-0.2, 0) is 13.0 Å². The second kappa shape index (κ2) is 6.72. The monoisotopic (exact) mass is 310 g/mol. The molecule has 0 saturated carbocycles. The molecule has 0 unspecified atom stereocenters. The van der Waals surface area contributed by atoms with Gasteiger partial charge in [-0.1, -0.05) is 24.6 Å². The fourth-order valence-electron chi connectivity index (χ4n) is 1.74. The Balaban J connectivity index is 2.14. The summed E-state index contributed by atoms with van der Waals surface area (Å²) >= 11 is 11.1. The van der Waals surface area contributed by atoms with E-state index < -0.39 is 0 Å². The first kappa shape index (κ1) is 14.8. The molecule has 1 aromatic carbocycles. The predicted molar refractivity (Wildman–Crippen MR) is 81.1 cm³/mol. The van der Waals surface area contributed by atoms with Gasteiger partial charge >= 0.3 is 0 Å². The predicted octanol–water partition coefficient (Wildman–Crippen LogP) is 3.94. The van der Waals surface area contributed by atoms with Gasteiger partial charge in [-0.05, 0) is 36.3 Å². The molecule has 0 aliphatic heterocycles. The van der Waals surface area contributed by atoms with Crippen LogP contribution in [0.2, 0.25) is 5.02 Å². The van der Waals surface area contributed by atoms with Crippen LogP contribution in [0.5, 0.6) is 11.6 Å². The van der Waals surface area contributed by atoms with Gasteiger partial charge in [0.2, 0.25) is 0 Å². The summed E-state index contributed by atoms with van der Waals surface area (Å²) in [7, 11) is 1.59. The van der Waals surface area contributed by atoms with Crippen molar-refractivity contribution in [2.24, 2.45) is 0 Å². The number of benzene rings is 1. The number of aromatic amines is 1. The van der Waals surface area contributed by atoms with E-state index in [1.807, 2.05) is 25.1 Å². The first-order chi connectivity index (χ1) is 9.63. The van der Waals surface area contributed by atoms with E-state index in [4.69, 9.17) is 33.3 Å². The van der Waals surface area contributed by atoms with Crippen molar-refractivity contribution in [1.29, 1.82) is 0 Å². The maximum absolute atomic E-state index is 6.08. The summed E-state index contributed by atoms with van der Waals surface area (Å²) in [5, 5.41) is 0.562. The van der Waals surface area contributed by atoms with Crippen LogP contribution in [0.4, 0.5) is 0 Å². The molecule has 0 aliphatic carbocycles. The number of H-pyrrole nitrogens is 1. The molecule has 0 amide bonds. The number of hydrogen-bond acceptors (Lipinski definition) is 4. The average Bonchev–Trinajstić information content (AvgIpc) is 2.45. The first-order valence-electron chi connectivity index (χ1n) is 6.17. The highest BCUT2D eigenvalue weighted by atomic mass is 35.5. The van der Waals surface area contributed by atoms with E-state index in [0.717, 1.165) is 17.5 Å². The summed E-state index contributed by atoms with van der Waals surface area (Å²) in [6.45, 7) is 2.43. The van der Waals surface area contributed by atoms with Crippen LogP contribution in [0.25, 0.3) is 0 Å². The SMILES string of the molecule is CCc1cnc(=S)[nH]c1OCc1ccc(OC)c(Cl)c1. The summed E-state index contributed by atoms with van der Waals surface area (Å²) < 4.78 is 11.3. The van der Waals surface area contributed by atoms with Crippen LogP contribution in [0.1, 0.15) is 18.1 Å². The number of hydrogen-bond donors (Lipinski definition) is 1. The van der Waals surface area contributed by atoms with Crippen LogP contribution < -0.4 is 9.47 Å². The zero-order valence-corrected chi connectivity index (χ0v) is 12.8. The normalized spacial score (nSPS) is 10.3. The molecule has 6 heteroatoms.